The Morgan fingerprint density at radius 3 is 3.00 bits per heavy atom. The third kappa shape index (κ3) is 3.37. The second-order valence-electron chi connectivity index (χ2n) is 2.44. The van der Waals surface area contributed by atoms with E-state index in [0.717, 1.165) is 0 Å². The lowest BCUT2D eigenvalue weighted by Gasteiger charge is -2.33. The van der Waals surface area contributed by atoms with Gasteiger partial charge < -0.3 is 4.52 Å². The first kappa shape index (κ1) is 5.85. The summed E-state index contributed by atoms with van der Waals surface area (Å²) in [4.78, 5) is 0. The molecule has 0 bridgehead atoms. The first-order valence-electron chi connectivity index (χ1n) is 7.34. The zero-order valence-corrected chi connectivity index (χ0v) is 9.65. The predicted octanol–water partition coefficient (Wildman–Crippen LogP) is 1.88. The van der Waals surface area contributed by atoms with Crippen LogP contribution in [-0.4, -0.2) is 42.5 Å². The predicted molar refractivity (Wildman–Crippen MR) is 59.2 cm³/mol. The molecule has 1 heterocycles. The molecule has 1 aliphatic rings. The van der Waals surface area contributed by atoms with Crippen molar-refractivity contribution in [2.45, 2.75) is 6.42 Å². The van der Waals surface area contributed by atoms with E-state index in [-0.39, 0.29) is 17.8 Å². The molecule has 1 aliphatic heterocycles. The Balaban J connectivity index is 3.29. The van der Waals surface area contributed by atoms with Crippen molar-refractivity contribution in [1.82, 2.24) is 9.75 Å². The molecule has 0 aromatic rings. The van der Waals surface area contributed by atoms with Gasteiger partial charge >= 0.3 is 7.67 Å². The Morgan fingerprint density at radius 2 is 2.43 bits per heavy atom. The van der Waals surface area contributed by atoms with Gasteiger partial charge in [0.05, 0.1) is 6.61 Å². The number of hydrogen-bond donors (Lipinski definition) is 1. The zero-order valence-electron chi connectivity index (χ0n) is 14.2. The monoisotopic (exact) mass is 267 g/mol. The fourth-order valence-electron chi connectivity index (χ4n) is 0.929. The Hall–Kier alpha value is 0.690. The molecule has 0 radical (unpaired) electrons. The van der Waals surface area contributed by atoms with E-state index in [4.69, 9.17) is 37.4 Å². The quantitative estimate of drug-likeness (QED) is 0.610. The lowest BCUT2D eigenvalue weighted by molar-refractivity contribution is 0.233. The summed E-state index contributed by atoms with van der Waals surface area (Å²) in [7, 11) is -4.32. The highest BCUT2D eigenvalue weighted by molar-refractivity contribution is 7.54. The van der Waals surface area contributed by atoms with Gasteiger partial charge in [-0.15, -0.1) is 23.2 Å². The average molecular weight is 268 g/mol. The van der Waals surface area contributed by atoms with Crippen molar-refractivity contribution < 1.29 is 18.7 Å². The van der Waals surface area contributed by atoms with E-state index in [0.29, 0.717) is 11.5 Å². The van der Waals surface area contributed by atoms with Crippen LogP contribution in [-0.2, 0) is 9.09 Å². The van der Waals surface area contributed by atoms with E-state index in [1.165, 1.54) is 0 Å². The van der Waals surface area contributed by atoms with Gasteiger partial charge in [-0.2, -0.15) is 0 Å². The van der Waals surface area contributed by atoms with Gasteiger partial charge in [0.2, 0.25) is 0 Å². The van der Waals surface area contributed by atoms with E-state index >= 15 is 0 Å². The van der Waals surface area contributed by atoms with Crippen molar-refractivity contribution in [2.24, 2.45) is 0 Å². The summed E-state index contributed by atoms with van der Waals surface area (Å²) >= 11 is 10.8. The lowest BCUT2D eigenvalue weighted by Crippen LogP contribution is -2.35. The van der Waals surface area contributed by atoms with Crippen molar-refractivity contribution in [3.63, 3.8) is 0 Å². The fraction of sp³-hybridized carbons (Fsp3) is 1.00. The Labute approximate surface area is 104 Å². The molecule has 0 spiro atoms. The van der Waals surface area contributed by atoms with Crippen LogP contribution in [0.2, 0.25) is 1.41 Å². The molecule has 1 rings (SSSR count). The van der Waals surface area contributed by atoms with Crippen LogP contribution in [0.4, 0.5) is 0 Å². The number of nitrogens with one attached hydrogen (secondary N) is 1. The molecule has 4 nitrogen and oxygen atoms in total. The first-order chi connectivity index (χ1) is 9.22. The van der Waals surface area contributed by atoms with Gasteiger partial charge in [0.1, 0.15) is 1.41 Å². The van der Waals surface area contributed by atoms with Crippen LogP contribution < -0.4 is 5.08 Å². The SMILES string of the molecule is [2H]N1CCCOP1(=O)N(CC([2H])([2H])Cl)C([2H])([2H])C([2H])([2H])Cl. The number of nitrogens with zero attached hydrogens (tertiary/aromatic N) is 1. The van der Waals surface area contributed by atoms with E-state index in [1.54, 1.807) is 0 Å². The fourth-order valence-corrected chi connectivity index (χ4v) is 2.85. The molecular weight excluding hydrogens is 246 g/mol. The Kier molecular flexibility index (Phi) is 2.64. The van der Waals surface area contributed by atoms with Crippen molar-refractivity contribution in [2.75, 3.05) is 37.9 Å². The minimum atomic E-state index is -4.32. The van der Waals surface area contributed by atoms with Gasteiger partial charge in [0, 0.05) is 39.5 Å². The third-order valence-electron chi connectivity index (χ3n) is 1.53. The molecule has 14 heavy (non-hydrogen) atoms. The molecule has 0 aromatic carbocycles. The van der Waals surface area contributed by atoms with E-state index in [9.17, 15) is 4.57 Å². The third-order valence-corrected chi connectivity index (χ3v) is 3.66. The van der Waals surface area contributed by atoms with Crippen LogP contribution in [0.5, 0.6) is 0 Å². The van der Waals surface area contributed by atoms with Gasteiger partial charge in [-0.3, -0.25) is 4.57 Å². The highest BCUT2D eigenvalue weighted by atomic mass is 35.5. The summed E-state index contributed by atoms with van der Waals surface area (Å²) in [5, 5.41) is 0.486. The molecule has 84 valence electrons. The van der Waals surface area contributed by atoms with E-state index < -0.39 is 32.4 Å². The number of alkyl halides is 2. The minimum Gasteiger partial charge on any atom is -0.306 e. The van der Waals surface area contributed by atoms with Crippen molar-refractivity contribution in [1.29, 1.82) is 0 Å². The molecule has 0 saturated carbocycles. The topological polar surface area (TPSA) is 41.6 Å². The normalized spacial score (nSPS) is 40.1. The average Bonchev–Trinajstić information content (AvgIpc) is 2.27. The summed E-state index contributed by atoms with van der Waals surface area (Å²) in [6.07, 6.45) is 0.381. The van der Waals surface area contributed by atoms with E-state index in [1.807, 2.05) is 0 Å². The minimum absolute atomic E-state index is 0.000426. The van der Waals surface area contributed by atoms with Gasteiger partial charge in [0.25, 0.3) is 0 Å². The molecule has 1 saturated heterocycles. The maximum absolute atomic E-state index is 12.8. The van der Waals surface area contributed by atoms with Crippen LogP contribution in [0.3, 0.4) is 0 Å². The lowest BCUT2D eigenvalue weighted by atomic mass is 10.5. The summed E-state index contributed by atoms with van der Waals surface area (Å²) < 4.78 is 70.6. The molecule has 1 atom stereocenters. The van der Waals surface area contributed by atoms with Gasteiger partial charge in [-0.1, -0.05) is 0 Å². The standard InChI is InChI=1S/C7H15Cl2N2O2P/c8-2-5-11(6-3-9)14(12)10-4-1-7-13-14/h1-7H2,(H,10,12)/i2D2,3D2,5D2/hD. The summed E-state index contributed by atoms with van der Waals surface area (Å²) in [6.45, 7) is -4.08. The zero-order chi connectivity index (χ0) is 16.7. The van der Waals surface area contributed by atoms with Gasteiger partial charge in [0.15, 0.2) is 0 Å². The van der Waals surface area contributed by atoms with Gasteiger partial charge in [-0.25, -0.2) is 9.75 Å². The van der Waals surface area contributed by atoms with Crippen molar-refractivity contribution in [3.05, 3.63) is 0 Å². The second kappa shape index (κ2) is 6.31. The van der Waals surface area contributed by atoms with Crippen LogP contribution >= 0.6 is 30.9 Å². The Bertz CT molecular complexity index is 430. The number of rotatable bonds is 5. The molecular formula is C7H15Cl2N2O2P. The molecule has 1 N–H and O–H groups in total. The summed E-state index contributed by atoms with van der Waals surface area (Å²) in [5.74, 6) is -5.53. The highest BCUT2D eigenvalue weighted by Crippen LogP contribution is 2.47. The van der Waals surface area contributed by atoms with Crippen LogP contribution in [0, 0.1) is 0 Å². The Morgan fingerprint density at radius 1 is 1.64 bits per heavy atom. The molecule has 0 aliphatic carbocycles. The van der Waals surface area contributed by atoms with Crippen molar-refractivity contribution >= 4 is 30.9 Å². The summed E-state index contributed by atoms with van der Waals surface area (Å²) in [6, 6.07) is 0. The van der Waals surface area contributed by atoms with Crippen LogP contribution in [0.25, 0.3) is 0 Å². The van der Waals surface area contributed by atoms with Gasteiger partial charge in [-0.05, 0) is 6.42 Å². The molecule has 0 aromatic heterocycles. The number of hydrogen-bond acceptors (Lipinski definition) is 2. The van der Waals surface area contributed by atoms with E-state index in [2.05, 4.69) is 0 Å². The maximum atomic E-state index is 12.8. The molecule has 7 heteroatoms. The largest absolute Gasteiger partial charge is 0.343 e. The van der Waals surface area contributed by atoms with Crippen LogP contribution in [0.15, 0.2) is 0 Å². The molecule has 1 unspecified atom stereocenters. The van der Waals surface area contributed by atoms with Crippen molar-refractivity contribution in [3.8, 4) is 0 Å². The maximum Gasteiger partial charge on any atom is 0.343 e. The first-order valence-corrected chi connectivity index (χ1v) is 6.18. The molecule has 0 amide bonds. The highest BCUT2D eigenvalue weighted by Gasteiger charge is 2.32. The summed E-state index contributed by atoms with van der Waals surface area (Å²) in [5.41, 5.74) is 0. The van der Waals surface area contributed by atoms with Crippen LogP contribution in [0.1, 0.15) is 14.6 Å². The second-order valence-corrected chi connectivity index (χ2v) is 4.90. The molecule has 1 fully saturated rings. The smallest absolute Gasteiger partial charge is 0.306 e. The number of halogens is 2.